The van der Waals surface area contributed by atoms with Gasteiger partial charge in [-0.25, -0.2) is 8.78 Å². The molecule has 2 aromatic carbocycles. The average molecular weight is 697 g/mol. The Bertz CT molecular complexity index is 2060. The first-order chi connectivity index (χ1) is 24.7. The number of carbonyl (C=O) groups excluding carboxylic acids is 1. The van der Waals surface area contributed by atoms with E-state index in [1.54, 1.807) is 6.92 Å². The average Bonchev–Trinajstić information content (AvgIpc) is 3.80. The predicted octanol–water partition coefficient (Wildman–Crippen LogP) is 5.72. The molecule has 2 aliphatic heterocycles. The number of fused-ring (bicyclic) bond motifs is 3. The van der Waals surface area contributed by atoms with E-state index in [2.05, 4.69) is 31.0 Å². The van der Waals surface area contributed by atoms with Crippen LogP contribution in [0.1, 0.15) is 63.9 Å². The maximum atomic E-state index is 17.0. The van der Waals surface area contributed by atoms with Gasteiger partial charge in [-0.15, -0.1) is 6.42 Å². The van der Waals surface area contributed by atoms with E-state index in [9.17, 15) is 14.3 Å². The summed E-state index contributed by atoms with van der Waals surface area (Å²) < 4.78 is 44.1. The van der Waals surface area contributed by atoms with Crippen molar-refractivity contribution < 1.29 is 28.2 Å². The molecule has 266 valence electrons. The van der Waals surface area contributed by atoms with E-state index in [-0.39, 0.29) is 56.3 Å². The Hall–Kier alpha value is -4.60. The van der Waals surface area contributed by atoms with E-state index in [1.807, 2.05) is 0 Å². The molecule has 0 bridgehead atoms. The quantitative estimate of drug-likeness (QED) is 0.224. The van der Waals surface area contributed by atoms with E-state index in [0.717, 1.165) is 64.5 Å². The Morgan fingerprint density at radius 1 is 1.12 bits per heavy atom. The van der Waals surface area contributed by atoms with Gasteiger partial charge in [0.1, 0.15) is 28.6 Å². The molecule has 0 spiro atoms. The number of aromatic hydroxyl groups is 1. The number of nitrogens with zero attached hydrogens (tertiary/aromatic N) is 5. The van der Waals surface area contributed by atoms with Crippen LogP contribution >= 0.6 is 0 Å². The van der Waals surface area contributed by atoms with E-state index in [0.29, 0.717) is 55.5 Å². The second-order valence-corrected chi connectivity index (χ2v) is 14.7. The van der Waals surface area contributed by atoms with Crippen molar-refractivity contribution >= 4 is 33.4 Å². The number of terminal acetylenes is 1. The monoisotopic (exact) mass is 696 g/mol. The second kappa shape index (κ2) is 13.2. The fraction of sp³-hybridized carbons (Fsp3) is 0.487. The summed E-state index contributed by atoms with van der Waals surface area (Å²) >= 11 is 0. The Morgan fingerprint density at radius 2 is 1.96 bits per heavy atom. The highest BCUT2D eigenvalue weighted by Gasteiger charge is 2.52. The van der Waals surface area contributed by atoms with Gasteiger partial charge in [0.05, 0.1) is 29.7 Å². The van der Waals surface area contributed by atoms with Crippen molar-refractivity contribution in [3.05, 3.63) is 47.7 Å². The van der Waals surface area contributed by atoms with Crippen LogP contribution in [0.3, 0.4) is 0 Å². The van der Waals surface area contributed by atoms with Crippen LogP contribution in [0.2, 0.25) is 0 Å². The Balaban J connectivity index is 1.18. The molecule has 2 aromatic heterocycles. The van der Waals surface area contributed by atoms with Crippen molar-refractivity contribution in [1.82, 2.24) is 25.2 Å². The number of ether oxygens (including phenoxy) is 2. The van der Waals surface area contributed by atoms with E-state index < -0.39 is 11.6 Å². The van der Waals surface area contributed by atoms with Crippen molar-refractivity contribution in [2.75, 3.05) is 50.9 Å². The smallest absolute Gasteiger partial charge is 0.319 e. The molecule has 4 aromatic rings. The lowest BCUT2D eigenvalue weighted by Crippen LogP contribution is -2.56. The third kappa shape index (κ3) is 6.20. The topological polar surface area (TPSA) is 113 Å². The maximum Gasteiger partial charge on any atom is 0.319 e. The lowest BCUT2D eigenvalue weighted by atomic mass is 9.75. The number of benzene rings is 2. The molecule has 4 heterocycles. The summed E-state index contributed by atoms with van der Waals surface area (Å²) in [7, 11) is 0. The Kier molecular flexibility index (Phi) is 8.67. The second-order valence-electron chi connectivity index (χ2n) is 14.7. The van der Waals surface area contributed by atoms with E-state index >= 15 is 4.39 Å². The van der Waals surface area contributed by atoms with Crippen LogP contribution in [0.25, 0.3) is 32.9 Å². The van der Waals surface area contributed by atoms with Gasteiger partial charge in [-0.3, -0.25) is 14.7 Å². The van der Waals surface area contributed by atoms with Gasteiger partial charge in [0.25, 0.3) is 0 Å². The van der Waals surface area contributed by atoms with Crippen LogP contribution in [0.4, 0.5) is 14.6 Å². The molecule has 0 unspecified atom stereocenters. The number of hydrogen-bond acceptors (Lipinski definition) is 9. The van der Waals surface area contributed by atoms with Crippen molar-refractivity contribution in [2.24, 2.45) is 5.41 Å². The number of nitrogens with one attached hydrogen (secondary N) is 1. The largest absolute Gasteiger partial charge is 0.508 e. The van der Waals surface area contributed by atoms with Gasteiger partial charge in [-0.2, -0.15) is 9.97 Å². The SMILES string of the molecule is C#Cc1c(F)ccc2cc(O)cc(-c3ncc4c(N5CCCOCC5)nc(OC[C@]56CCC[C@H]5N(CC5(NC(C)=O)CC5)CCC6)nc4c3F)c12. The summed E-state index contributed by atoms with van der Waals surface area (Å²) in [6.45, 7) is 6.09. The molecule has 2 saturated carbocycles. The first kappa shape index (κ1) is 33.5. The summed E-state index contributed by atoms with van der Waals surface area (Å²) in [5.41, 5.74) is -0.245. The van der Waals surface area contributed by atoms with Gasteiger partial charge in [-0.05, 0) is 75.1 Å². The third-order valence-corrected chi connectivity index (χ3v) is 11.3. The number of likely N-dealkylation sites (tertiary alicyclic amines) is 1. The number of halogens is 2. The summed E-state index contributed by atoms with van der Waals surface area (Å²) in [5, 5.41) is 14.9. The van der Waals surface area contributed by atoms with Gasteiger partial charge in [0.2, 0.25) is 5.91 Å². The number of anilines is 1. The van der Waals surface area contributed by atoms with Gasteiger partial charge in [-0.1, -0.05) is 18.4 Å². The van der Waals surface area contributed by atoms with Crippen molar-refractivity contribution in [1.29, 1.82) is 0 Å². The Morgan fingerprint density at radius 3 is 2.76 bits per heavy atom. The third-order valence-electron chi connectivity index (χ3n) is 11.3. The van der Waals surface area contributed by atoms with Gasteiger partial charge >= 0.3 is 6.01 Å². The lowest BCUT2D eigenvalue weighted by Gasteiger charge is -2.47. The minimum atomic E-state index is -0.750. The van der Waals surface area contributed by atoms with Crippen LogP contribution in [-0.2, 0) is 9.53 Å². The van der Waals surface area contributed by atoms with Crippen LogP contribution in [0.5, 0.6) is 11.8 Å². The highest BCUT2D eigenvalue weighted by Crippen LogP contribution is 2.50. The number of aromatic nitrogens is 3. The summed E-state index contributed by atoms with van der Waals surface area (Å²) in [4.78, 5) is 30.6. The molecule has 0 radical (unpaired) electrons. The number of hydrogen-bond donors (Lipinski definition) is 2. The molecule has 2 aliphatic carbocycles. The minimum Gasteiger partial charge on any atom is -0.508 e. The molecule has 2 saturated heterocycles. The fourth-order valence-electron chi connectivity index (χ4n) is 8.87. The van der Waals surface area contributed by atoms with Crippen LogP contribution in [0.15, 0.2) is 30.5 Å². The van der Waals surface area contributed by atoms with E-state index in [1.165, 1.54) is 30.5 Å². The zero-order valence-electron chi connectivity index (χ0n) is 28.8. The molecule has 10 nitrogen and oxygen atoms in total. The molecule has 4 fully saturated rings. The van der Waals surface area contributed by atoms with E-state index in [4.69, 9.17) is 20.9 Å². The lowest BCUT2D eigenvalue weighted by molar-refractivity contribution is -0.120. The first-order valence-corrected chi connectivity index (χ1v) is 18.0. The number of amides is 1. The number of rotatable bonds is 8. The van der Waals surface area contributed by atoms with Crippen molar-refractivity contribution in [2.45, 2.75) is 69.9 Å². The zero-order chi connectivity index (χ0) is 35.3. The molecule has 2 N–H and O–H groups in total. The number of phenols is 1. The van der Waals surface area contributed by atoms with Crippen molar-refractivity contribution in [3.8, 4) is 35.4 Å². The number of phenolic OH excluding ortho intramolecular Hbond substituents is 1. The highest BCUT2D eigenvalue weighted by atomic mass is 19.1. The van der Waals surface area contributed by atoms with Crippen LogP contribution in [-0.4, -0.2) is 88.4 Å². The maximum absolute atomic E-state index is 17.0. The van der Waals surface area contributed by atoms with Gasteiger partial charge < -0.3 is 24.8 Å². The summed E-state index contributed by atoms with van der Waals surface area (Å²) in [5.74, 6) is 1.39. The minimum absolute atomic E-state index is 0.0112. The number of piperidine rings is 1. The standard InChI is InChI=1S/C39H42F2N6O4/c1-3-27-30(40)9-8-25-19-26(49)20-28(32(25)27)34-33(41)35-29(21-42-34)36(46-15-6-17-50-18-16-46)44-37(43-35)51-23-38-10-4-7-31(38)47(14-5-11-38)22-39(12-13-39)45-24(2)48/h1,8-9,19-21,31,49H,4-7,10-18,22-23H2,2H3,(H,45,48)/t31-,38-/m1/s1. The van der Waals surface area contributed by atoms with Crippen molar-refractivity contribution in [3.63, 3.8) is 0 Å². The number of pyridine rings is 1. The van der Waals surface area contributed by atoms with Gasteiger partial charge in [0, 0.05) is 61.8 Å². The fourth-order valence-corrected chi connectivity index (χ4v) is 8.87. The molecule has 12 heteroatoms. The summed E-state index contributed by atoms with van der Waals surface area (Å²) in [6.07, 6.45) is 15.2. The Labute approximate surface area is 295 Å². The predicted molar refractivity (Wildman–Crippen MR) is 190 cm³/mol. The normalized spacial score (nSPS) is 23.1. The molecule has 51 heavy (non-hydrogen) atoms. The molecule has 2 atom stereocenters. The molecule has 1 amide bonds. The highest BCUT2D eigenvalue weighted by molar-refractivity contribution is 6.03. The molecular weight excluding hydrogens is 654 g/mol. The van der Waals surface area contributed by atoms with Crippen LogP contribution < -0.4 is 15.0 Å². The molecule has 8 rings (SSSR count). The van der Waals surface area contributed by atoms with Gasteiger partial charge in [0.15, 0.2) is 5.82 Å². The zero-order valence-corrected chi connectivity index (χ0v) is 28.8. The van der Waals surface area contributed by atoms with Crippen LogP contribution in [0, 0.1) is 29.4 Å². The number of carbonyl (C=O) groups is 1. The molecule has 4 aliphatic rings. The summed E-state index contributed by atoms with van der Waals surface area (Å²) in [6, 6.07) is 5.90. The first-order valence-electron chi connectivity index (χ1n) is 18.0. The molecular formula is C39H42F2N6O4.